The number of hydrogen-bond acceptors (Lipinski definition) is 28. The summed E-state index contributed by atoms with van der Waals surface area (Å²) in [6.45, 7) is 0. The number of amides is 4. The number of phenols is 4. The van der Waals surface area contributed by atoms with Crippen molar-refractivity contribution in [2.45, 2.75) is 0 Å². The van der Waals surface area contributed by atoms with E-state index in [0.29, 0.717) is 0 Å². The largest absolute Gasteiger partial charge is 2.00 e. The molecule has 4 amide bonds. The maximum Gasteiger partial charge on any atom is 2.00 e. The molecule has 8 rings (SSSR count). The molecule has 0 spiro atoms. The van der Waals surface area contributed by atoms with Gasteiger partial charge in [0.2, 0.25) is 25.6 Å². The van der Waals surface area contributed by atoms with Gasteiger partial charge in [-0.25, -0.2) is 0 Å². The Kier molecular flexibility index (Phi) is 55.0. The first-order chi connectivity index (χ1) is 49.6. The van der Waals surface area contributed by atoms with Crippen LogP contribution in [0.5, 0.6) is 69.0 Å². The van der Waals surface area contributed by atoms with E-state index in [-0.39, 0.29) is 181 Å². The first-order valence-electron chi connectivity index (χ1n) is 29.7. The van der Waals surface area contributed by atoms with Gasteiger partial charge in [-0.1, -0.05) is 144 Å². The van der Waals surface area contributed by atoms with Crippen molar-refractivity contribution in [3.63, 3.8) is 0 Å². The van der Waals surface area contributed by atoms with Crippen LogP contribution in [0, 0.1) is 0 Å². The molecule has 0 unspecified atom stereocenters. The van der Waals surface area contributed by atoms with Gasteiger partial charge >= 0.3 is 67.1 Å². The molecule has 580 valence electrons. The molecule has 0 saturated heterocycles. The third kappa shape index (κ3) is 39.1. The maximum absolute atomic E-state index is 11.8. The topological polar surface area (TPSA) is 482 Å². The zero-order valence-corrected chi connectivity index (χ0v) is 64.0. The summed E-state index contributed by atoms with van der Waals surface area (Å²) in [5.41, 5.74) is 1.19. The van der Waals surface area contributed by atoms with Gasteiger partial charge in [0.25, 0.3) is 0 Å². The Morgan fingerprint density at radius 2 is 0.454 bits per heavy atom. The number of rotatable bonds is 20. The molecule has 32 nitrogen and oxygen atoms in total. The Bertz CT molecular complexity index is 3710. The summed E-state index contributed by atoms with van der Waals surface area (Å²) in [5.74, 6) is -4.09. The van der Waals surface area contributed by atoms with Gasteiger partial charge in [-0.15, -0.1) is 0 Å². The Morgan fingerprint density at radius 3 is 0.593 bits per heavy atom. The molecule has 0 fully saturated rings. The molecule has 8 aromatic carbocycles. The third-order valence-electron chi connectivity index (χ3n) is 11.7. The molecule has 4 radical (unpaired) electrons. The van der Waals surface area contributed by atoms with Gasteiger partial charge in [-0.3, -0.25) is 19.2 Å². The van der Waals surface area contributed by atoms with E-state index in [1.807, 2.05) is 0 Å². The van der Waals surface area contributed by atoms with Gasteiger partial charge in [0.1, 0.15) is 46.0 Å². The number of carbonyl (C=O) groups is 4. The quantitative estimate of drug-likeness (QED) is 0.0361. The standard InChI is InChI=1S/4C15H14N2O4.4C3H7NO.4Co/c4*1-21-13-8-4-5-10(14(13)19)9-16-17-15(20)11-6-2-3-7-12(11)18;4*1-4(2)3-5;;;;/h4*2-9,18-19H,1H3,(H,17,20);4*3H,1-2H3;;;;/q;;;;;;;;4*+2/p-8/b4*16-9+;;;;;;;;. The van der Waals surface area contributed by atoms with Crippen LogP contribution in [-0.4, -0.2) is 199 Å². The number of carbonyl (C=O) groups excluding carboxylic acids is 4. The summed E-state index contributed by atoms with van der Waals surface area (Å²) >= 11 is 0. The number of ether oxygens (including phenoxy) is 4. The van der Waals surface area contributed by atoms with E-state index < -0.39 is 23.6 Å². The SMILES string of the molecule is CN(C)C=O.CN(C)C=O.CN(C)C=O.CN(C)C=O.COc1cccc(/C=N/N=C(\[O-])c2ccccc2O)c1[O-].COc1cccc(/C=N/N=C(\[O-])c2ccccc2O)c1[O-].COc1cccc(/C=N/N=C(\[O-])c2ccccc2O)c1[O-].COc1cccc(/C=N/N=C(\[O-])c2ccccc2O)c1[O-].[Co+2].[Co+2].[Co+2].[Co+2]. The summed E-state index contributed by atoms with van der Waals surface area (Å²) < 4.78 is 19.6. The van der Waals surface area contributed by atoms with Crippen molar-refractivity contribution < 1.29 is 167 Å². The van der Waals surface area contributed by atoms with Crippen molar-refractivity contribution in [3.8, 4) is 69.0 Å². The van der Waals surface area contributed by atoms with E-state index in [1.54, 1.807) is 129 Å². The van der Waals surface area contributed by atoms with Crippen LogP contribution in [0.25, 0.3) is 0 Å². The van der Waals surface area contributed by atoms with E-state index in [1.165, 1.54) is 170 Å². The molecule has 4 N–H and O–H groups in total. The van der Waals surface area contributed by atoms with E-state index in [9.17, 15) is 80.5 Å². The van der Waals surface area contributed by atoms with Crippen molar-refractivity contribution in [1.82, 2.24) is 19.6 Å². The second-order valence-electron chi connectivity index (χ2n) is 20.5. The number of methoxy groups -OCH3 is 4. The summed E-state index contributed by atoms with van der Waals surface area (Å²) in [4.78, 5) is 43.5. The van der Waals surface area contributed by atoms with Crippen molar-refractivity contribution >= 4 is 74.1 Å². The van der Waals surface area contributed by atoms with Crippen LogP contribution < -0.4 is 59.8 Å². The van der Waals surface area contributed by atoms with Crippen molar-refractivity contribution in [2.75, 3.05) is 84.8 Å². The summed E-state index contributed by atoms with van der Waals surface area (Å²) in [6, 6.07) is 42.8. The minimum Gasteiger partial charge on any atom is -0.870 e. The summed E-state index contributed by atoms with van der Waals surface area (Å²) in [7, 11) is 19.1. The summed E-state index contributed by atoms with van der Waals surface area (Å²) in [5, 5.41) is 160. The Balaban J connectivity index is -0.000000607. The molecule has 0 saturated carbocycles. The first kappa shape index (κ1) is 102. The maximum atomic E-state index is 11.8. The molecule has 8 aromatic rings. The average Bonchev–Trinajstić information content (AvgIpc) is 0.872. The van der Waals surface area contributed by atoms with Gasteiger partial charge in [0, 0.05) is 102 Å². The van der Waals surface area contributed by atoms with Crippen LogP contribution in [-0.2, 0) is 86.3 Å². The van der Waals surface area contributed by atoms with Gasteiger partial charge < -0.3 is 99.8 Å². The monoisotopic (exact) mass is 1660 g/mol. The first-order valence-corrected chi connectivity index (χ1v) is 29.7. The van der Waals surface area contributed by atoms with Crippen LogP contribution in [0.15, 0.2) is 211 Å². The second-order valence-corrected chi connectivity index (χ2v) is 20.5. The number of benzene rings is 8. The number of aromatic hydroxyl groups is 4. The molecule has 0 aromatic heterocycles. The minimum absolute atomic E-state index is 0. The second kappa shape index (κ2) is 58.1. The molecular weight excluding hydrogens is 1590 g/mol. The molecule has 36 heteroatoms. The molecule has 108 heavy (non-hydrogen) atoms. The molecule has 0 heterocycles. The minimum atomic E-state index is -0.695. The Morgan fingerprint density at radius 1 is 0.296 bits per heavy atom. The number of para-hydroxylation sites is 8. The van der Waals surface area contributed by atoms with Gasteiger partial charge in [-0.2, -0.15) is 40.8 Å². The molecule has 0 aliphatic rings. The van der Waals surface area contributed by atoms with Gasteiger partial charge in [0.05, 0.1) is 53.3 Å². The number of phenolic OH excluding ortho intramolecular Hbond substituents is 4. The van der Waals surface area contributed by atoms with Crippen LogP contribution in [0.2, 0.25) is 0 Å². The fourth-order valence-corrected chi connectivity index (χ4v) is 6.59. The van der Waals surface area contributed by atoms with Crippen LogP contribution in [0.4, 0.5) is 0 Å². The molecule has 0 aliphatic heterocycles. The Labute approximate surface area is 665 Å². The summed E-state index contributed by atoms with van der Waals surface area (Å²) in [6.07, 6.45) is 7.68. The predicted octanol–water partition coefficient (Wildman–Crippen LogP) is 1.27. The van der Waals surface area contributed by atoms with Crippen molar-refractivity contribution in [1.29, 1.82) is 0 Å². The van der Waals surface area contributed by atoms with Crippen molar-refractivity contribution in [3.05, 3.63) is 214 Å². The van der Waals surface area contributed by atoms with E-state index in [0.717, 1.165) is 25.6 Å². The van der Waals surface area contributed by atoms with E-state index in [4.69, 9.17) is 18.9 Å². The van der Waals surface area contributed by atoms with Crippen LogP contribution in [0.3, 0.4) is 0 Å². The molecule has 0 aliphatic carbocycles. The van der Waals surface area contributed by atoms with Crippen LogP contribution >= 0.6 is 0 Å². The van der Waals surface area contributed by atoms with Gasteiger partial charge in [0.15, 0.2) is 0 Å². The van der Waals surface area contributed by atoms with Crippen LogP contribution in [0.1, 0.15) is 44.5 Å². The van der Waals surface area contributed by atoms with E-state index >= 15 is 0 Å². The third-order valence-corrected chi connectivity index (χ3v) is 11.7. The van der Waals surface area contributed by atoms with E-state index in [2.05, 4.69) is 40.8 Å². The fraction of sp³-hybridized carbons (Fsp3) is 0.167. The molecule has 0 bridgehead atoms. The zero-order chi connectivity index (χ0) is 78.1. The molecule has 0 atom stereocenters. The number of nitrogens with zero attached hydrogens (tertiary/aromatic N) is 12. The normalized spacial score (nSPS) is 10.4. The number of hydrogen-bond donors (Lipinski definition) is 4. The smallest absolute Gasteiger partial charge is 0.870 e. The average molecular weight is 1670 g/mol. The van der Waals surface area contributed by atoms with Gasteiger partial charge in [-0.05, 0) is 70.8 Å². The Hall–Kier alpha value is -12.2. The fourth-order valence-electron chi connectivity index (χ4n) is 6.59. The predicted molar refractivity (Wildman–Crippen MR) is 378 cm³/mol. The van der Waals surface area contributed by atoms with Crippen molar-refractivity contribution in [2.24, 2.45) is 40.8 Å². The molecular formula is C72H76Co4N12O20. The zero-order valence-electron chi connectivity index (χ0n) is 59.8.